The molecule has 2 atom stereocenters. The molecule has 2 aliphatic heterocycles. The van der Waals surface area contributed by atoms with Gasteiger partial charge in [-0.3, -0.25) is 19.8 Å². The van der Waals surface area contributed by atoms with Gasteiger partial charge in [0.25, 0.3) is 0 Å². The Morgan fingerprint density at radius 2 is 2.19 bits per heavy atom. The molecule has 0 saturated carbocycles. The first kappa shape index (κ1) is 11.5. The number of amides is 2. The van der Waals surface area contributed by atoms with E-state index in [0.717, 1.165) is 19.5 Å². The van der Waals surface area contributed by atoms with E-state index < -0.39 is 0 Å². The predicted octanol–water partition coefficient (Wildman–Crippen LogP) is -0.525. The van der Waals surface area contributed by atoms with E-state index in [1.807, 2.05) is 11.9 Å². The SMILES string of the molecule is CN(CC1CCCCN1)C1CC(=O)NC1=O. The van der Waals surface area contributed by atoms with Crippen LogP contribution in [0.1, 0.15) is 25.7 Å². The van der Waals surface area contributed by atoms with Crippen LogP contribution in [0.3, 0.4) is 0 Å². The van der Waals surface area contributed by atoms with E-state index in [1.54, 1.807) is 0 Å². The summed E-state index contributed by atoms with van der Waals surface area (Å²) >= 11 is 0. The molecule has 2 saturated heterocycles. The second-order valence-electron chi connectivity index (χ2n) is 4.72. The number of carbonyl (C=O) groups is 2. The van der Waals surface area contributed by atoms with Crippen LogP contribution in [-0.4, -0.2) is 48.9 Å². The first-order valence-corrected chi connectivity index (χ1v) is 5.94. The van der Waals surface area contributed by atoms with Gasteiger partial charge >= 0.3 is 0 Å². The Kier molecular flexibility index (Phi) is 3.56. The van der Waals surface area contributed by atoms with Crippen LogP contribution in [0.5, 0.6) is 0 Å². The topological polar surface area (TPSA) is 61.4 Å². The molecule has 5 heteroatoms. The fraction of sp³-hybridized carbons (Fsp3) is 0.818. The van der Waals surface area contributed by atoms with Crippen LogP contribution in [0.2, 0.25) is 0 Å². The summed E-state index contributed by atoms with van der Waals surface area (Å²) in [7, 11) is 1.92. The third kappa shape index (κ3) is 2.59. The van der Waals surface area contributed by atoms with E-state index in [4.69, 9.17) is 0 Å². The summed E-state index contributed by atoms with van der Waals surface area (Å²) in [5.41, 5.74) is 0. The summed E-state index contributed by atoms with van der Waals surface area (Å²) in [6, 6.07) is 0.193. The fourth-order valence-electron chi connectivity index (χ4n) is 2.45. The normalized spacial score (nSPS) is 30.9. The number of hydrogen-bond acceptors (Lipinski definition) is 4. The summed E-state index contributed by atoms with van der Waals surface area (Å²) in [6.45, 7) is 1.90. The maximum atomic E-state index is 11.5. The number of hydrogen-bond donors (Lipinski definition) is 2. The van der Waals surface area contributed by atoms with Crippen LogP contribution in [0.25, 0.3) is 0 Å². The number of rotatable bonds is 3. The second kappa shape index (κ2) is 4.93. The molecule has 2 heterocycles. The second-order valence-corrected chi connectivity index (χ2v) is 4.72. The summed E-state index contributed by atoms with van der Waals surface area (Å²) in [4.78, 5) is 24.5. The van der Waals surface area contributed by atoms with Crippen molar-refractivity contribution in [3.8, 4) is 0 Å². The molecule has 0 radical (unpaired) electrons. The molecule has 0 spiro atoms. The number of likely N-dealkylation sites (N-methyl/N-ethyl adjacent to an activating group) is 1. The molecule has 0 aromatic carbocycles. The number of imide groups is 1. The van der Waals surface area contributed by atoms with Crippen molar-refractivity contribution in [2.75, 3.05) is 20.1 Å². The van der Waals surface area contributed by atoms with Gasteiger partial charge in [0, 0.05) is 12.6 Å². The third-order valence-corrected chi connectivity index (χ3v) is 3.40. The van der Waals surface area contributed by atoms with Crippen molar-refractivity contribution >= 4 is 11.8 Å². The largest absolute Gasteiger partial charge is 0.313 e. The smallest absolute Gasteiger partial charge is 0.244 e. The van der Waals surface area contributed by atoms with Crippen molar-refractivity contribution in [1.82, 2.24) is 15.5 Å². The van der Waals surface area contributed by atoms with Gasteiger partial charge in [-0.1, -0.05) is 6.42 Å². The van der Waals surface area contributed by atoms with Crippen molar-refractivity contribution in [2.45, 2.75) is 37.8 Å². The van der Waals surface area contributed by atoms with E-state index in [1.165, 1.54) is 12.8 Å². The first-order chi connectivity index (χ1) is 7.66. The Balaban J connectivity index is 1.84. The lowest BCUT2D eigenvalue weighted by atomic mass is 10.0. The molecule has 0 aromatic heterocycles. The van der Waals surface area contributed by atoms with Gasteiger partial charge in [-0.2, -0.15) is 0 Å². The van der Waals surface area contributed by atoms with Crippen molar-refractivity contribution in [3.63, 3.8) is 0 Å². The van der Waals surface area contributed by atoms with Gasteiger partial charge in [0.15, 0.2) is 0 Å². The predicted molar refractivity (Wildman–Crippen MR) is 59.8 cm³/mol. The minimum Gasteiger partial charge on any atom is -0.313 e. The highest BCUT2D eigenvalue weighted by atomic mass is 16.2. The molecule has 2 N–H and O–H groups in total. The highest BCUT2D eigenvalue weighted by Gasteiger charge is 2.34. The van der Waals surface area contributed by atoms with Crippen LogP contribution in [0.4, 0.5) is 0 Å². The number of piperidine rings is 1. The molecule has 2 aliphatic rings. The fourth-order valence-corrected chi connectivity index (χ4v) is 2.45. The van der Waals surface area contributed by atoms with Crippen LogP contribution in [0, 0.1) is 0 Å². The lowest BCUT2D eigenvalue weighted by Gasteiger charge is -2.30. The Hall–Kier alpha value is -0.940. The van der Waals surface area contributed by atoms with Gasteiger partial charge in [0.2, 0.25) is 11.8 Å². The minimum absolute atomic E-state index is 0.150. The molecule has 2 unspecified atom stereocenters. The Labute approximate surface area is 95.6 Å². The van der Waals surface area contributed by atoms with Crippen LogP contribution in [-0.2, 0) is 9.59 Å². The van der Waals surface area contributed by atoms with Gasteiger partial charge in [-0.25, -0.2) is 0 Å². The molecular weight excluding hydrogens is 206 g/mol. The van der Waals surface area contributed by atoms with E-state index in [9.17, 15) is 9.59 Å². The van der Waals surface area contributed by atoms with Gasteiger partial charge < -0.3 is 5.32 Å². The zero-order valence-electron chi connectivity index (χ0n) is 9.66. The lowest BCUT2D eigenvalue weighted by Crippen LogP contribution is -2.47. The molecule has 0 aliphatic carbocycles. The molecule has 5 nitrogen and oxygen atoms in total. The maximum Gasteiger partial charge on any atom is 0.244 e. The van der Waals surface area contributed by atoms with E-state index in [2.05, 4.69) is 10.6 Å². The van der Waals surface area contributed by atoms with Crippen LogP contribution in [0.15, 0.2) is 0 Å². The summed E-state index contributed by atoms with van der Waals surface area (Å²) in [5.74, 6) is -0.304. The molecule has 0 bridgehead atoms. The average Bonchev–Trinajstić information content (AvgIpc) is 2.59. The van der Waals surface area contributed by atoms with Gasteiger partial charge in [-0.05, 0) is 26.4 Å². The highest BCUT2D eigenvalue weighted by Crippen LogP contribution is 2.13. The summed E-state index contributed by atoms with van der Waals surface area (Å²) in [5, 5.41) is 5.79. The van der Waals surface area contributed by atoms with E-state index >= 15 is 0 Å². The minimum atomic E-state index is -0.267. The molecule has 90 valence electrons. The number of carbonyl (C=O) groups excluding carboxylic acids is 2. The standard InChI is InChI=1S/C11H19N3O2/c1-14(7-8-4-2-3-5-12-8)9-6-10(15)13-11(9)16/h8-9,12H,2-7H2,1H3,(H,13,15,16). The van der Waals surface area contributed by atoms with E-state index in [-0.39, 0.29) is 17.9 Å². The Morgan fingerprint density at radius 1 is 1.38 bits per heavy atom. The first-order valence-electron chi connectivity index (χ1n) is 5.94. The molecule has 2 amide bonds. The van der Waals surface area contributed by atoms with E-state index in [0.29, 0.717) is 12.5 Å². The van der Waals surface area contributed by atoms with Crippen molar-refractivity contribution in [1.29, 1.82) is 0 Å². The van der Waals surface area contributed by atoms with Gasteiger partial charge in [0.1, 0.15) is 0 Å². The third-order valence-electron chi connectivity index (χ3n) is 3.40. The zero-order valence-corrected chi connectivity index (χ0v) is 9.66. The van der Waals surface area contributed by atoms with Gasteiger partial charge in [-0.15, -0.1) is 0 Å². The molecule has 0 aromatic rings. The van der Waals surface area contributed by atoms with Crippen LogP contribution < -0.4 is 10.6 Å². The van der Waals surface area contributed by atoms with Crippen LogP contribution >= 0.6 is 0 Å². The lowest BCUT2D eigenvalue weighted by molar-refractivity contribution is -0.126. The molecule has 2 rings (SSSR count). The Bertz CT molecular complexity index is 287. The number of nitrogens with zero attached hydrogens (tertiary/aromatic N) is 1. The summed E-state index contributed by atoms with van der Waals surface area (Å²) in [6.07, 6.45) is 3.96. The van der Waals surface area contributed by atoms with Gasteiger partial charge in [0.05, 0.1) is 12.5 Å². The van der Waals surface area contributed by atoms with Crippen molar-refractivity contribution in [2.24, 2.45) is 0 Å². The monoisotopic (exact) mass is 225 g/mol. The zero-order chi connectivity index (χ0) is 11.5. The quantitative estimate of drug-likeness (QED) is 0.634. The van der Waals surface area contributed by atoms with Crippen molar-refractivity contribution in [3.05, 3.63) is 0 Å². The molecule has 16 heavy (non-hydrogen) atoms. The average molecular weight is 225 g/mol. The Morgan fingerprint density at radius 3 is 2.75 bits per heavy atom. The molecular formula is C11H19N3O2. The number of nitrogens with one attached hydrogen (secondary N) is 2. The maximum absolute atomic E-state index is 11.5. The molecule has 2 fully saturated rings. The van der Waals surface area contributed by atoms with Crippen molar-refractivity contribution < 1.29 is 9.59 Å². The highest BCUT2D eigenvalue weighted by molar-refractivity contribution is 6.05. The summed E-state index contributed by atoms with van der Waals surface area (Å²) < 4.78 is 0.